The van der Waals surface area contributed by atoms with E-state index in [-0.39, 0.29) is 24.1 Å². The van der Waals surface area contributed by atoms with Crippen molar-refractivity contribution in [2.75, 3.05) is 51.3 Å². The molecule has 0 aliphatic carbocycles. The second-order valence-corrected chi connectivity index (χ2v) is 9.73. The third-order valence-corrected chi connectivity index (χ3v) is 6.76. The molecule has 0 radical (unpaired) electrons. The van der Waals surface area contributed by atoms with Crippen molar-refractivity contribution in [3.05, 3.63) is 90.0 Å². The summed E-state index contributed by atoms with van der Waals surface area (Å²) in [5, 5.41) is 2.95. The summed E-state index contributed by atoms with van der Waals surface area (Å²) in [6.45, 7) is 7.87. The molecule has 39 heavy (non-hydrogen) atoms. The lowest BCUT2D eigenvalue weighted by Crippen LogP contribution is -2.45. The van der Waals surface area contributed by atoms with Gasteiger partial charge < -0.3 is 14.1 Å². The van der Waals surface area contributed by atoms with Crippen molar-refractivity contribution >= 4 is 17.8 Å². The topological polar surface area (TPSA) is 92.8 Å². The minimum absolute atomic E-state index is 0.134. The van der Waals surface area contributed by atoms with Crippen molar-refractivity contribution < 1.29 is 18.7 Å². The number of nitrogens with one attached hydrogen (secondary N) is 1. The summed E-state index contributed by atoms with van der Waals surface area (Å²) in [6, 6.07) is 19.4. The molecule has 202 valence electrons. The highest BCUT2D eigenvalue weighted by molar-refractivity contribution is 5.97. The molecule has 1 fully saturated rings. The van der Waals surface area contributed by atoms with Crippen LogP contribution in [0.1, 0.15) is 21.7 Å². The highest BCUT2D eigenvalue weighted by Gasteiger charge is 2.23. The van der Waals surface area contributed by atoms with Crippen LogP contribution in [0.3, 0.4) is 0 Å². The number of imidazole rings is 1. The van der Waals surface area contributed by atoms with E-state index >= 15 is 0 Å². The number of furan rings is 1. The van der Waals surface area contributed by atoms with Crippen molar-refractivity contribution in [1.82, 2.24) is 19.4 Å². The molecule has 0 atom stereocenters. The zero-order valence-corrected chi connectivity index (χ0v) is 22.3. The van der Waals surface area contributed by atoms with Gasteiger partial charge in [-0.3, -0.25) is 24.4 Å². The Morgan fingerprint density at radius 2 is 1.67 bits per heavy atom. The molecule has 0 unspecified atom stereocenters. The number of aromatic nitrogens is 2. The number of aryl methyl sites for hydroxylation is 2. The summed E-state index contributed by atoms with van der Waals surface area (Å²) in [6.07, 6.45) is 3.37. The molecular weight excluding hydrogens is 494 g/mol. The molecule has 4 aromatic rings. The van der Waals surface area contributed by atoms with Crippen LogP contribution in [0.5, 0.6) is 0 Å². The van der Waals surface area contributed by atoms with Gasteiger partial charge in [-0.15, -0.1) is 0 Å². The first kappa shape index (κ1) is 26.4. The lowest BCUT2D eigenvalue weighted by molar-refractivity contribution is -0.117. The van der Waals surface area contributed by atoms with Crippen molar-refractivity contribution in [1.29, 1.82) is 0 Å². The Balaban J connectivity index is 1.37. The Hall–Kier alpha value is -4.21. The number of hydrogen-bond donors (Lipinski definition) is 1. The number of anilines is 1. The highest BCUT2D eigenvalue weighted by atomic mass is 16.5. The Labute approximate surface area is 228 Å². The maximum Gasteiger partial charge on any atom is 0.290 e. The minimum Gasteiger partial charge on any atom is -0.459 e. The molecule has 1 aliphatic rings. The van der Waals surface area contributed by atoms with Gasteiger partial charge in [0.1, 0.15) is 6.54 Å². The van der Waals surface area contributed by atoms with Crippen LogP contribution in [0, 0.1) is 13.8 Å². The summed E-state index contributed by atoms with van der Waals surface area (Å²) in [5.74, 6) is -0.0810. The fraction of sp³-hybridized carbons (Fsp3) is 0.300. The van der Waals surface area contributed by atoms with Gasteiger partial charge in [-0.05, 0) is 38.1 Å². The molecule has 2 amide bonds. The monoisotopic (exact) mass is 527 g/mol. The van der Waals surface area contributed by atoms with Crippen molar-refractivity contribution in [2.24, 2.45) is 0 Å². The zero-order valence-electron chi connectivity index (χ0n) is 22.3. The molecule has 1 aliphatic heterocycles. The number of amides is 2. The van der Waals surface area contributed by atoms with Gasteiger partial charge >= 0.3 is 0 Å². The third-order valence-electron chi connectivity index (χ3n) is 6.76. The number of morpholine rings is 1. The maximum absolute atomic E-state index is 13.4. The number of benzene rings is 2. The van der Waals surface area contributed by atoms with Crippen molar-refractivity contribution in [3.8, 4) is 16.9 Å². The van der Waals surface area contributed by atoms with E-state index in [1.54, 1.807) is 12.1 Å². The molecule has 3 heterocycles. The van der Waals surface area contributed by atoms with Crippen LogP contribution in [-0.4, -0.2) is 77.1 Å². The minimum atomic E-state index is -0.341. The Morgan fingerprint density at radius 3 is 2.33 bits per heavy atom. The Kier molecular flexibility index (Phi) is 8.19. The van der Waals surface area contributed by atoms with Gasteiger partial charge in [0.2, 0.25) is 11.9 Å². The van der Waals surface area contributed by atoms with Gasteiger partial charge in [0.25, 0.3) is 5.91 Å². The van der Waals surface area contributed by atoms with Gasteiger partial charge in [-0.2, -0.15) is 0 Å². The Morgan fingerprint density at radius 1 is 0.974 bits per heavy atom. The fourth-order valence-electron chi connectivity index (χ4n) is 4.47. The van der Waals surface area contributed by atoms with Crippen LogP contribution in [0.25, 0.3) is 16.9 Å². The number of hydrogen-bond acceptors (Lipinski definition) is 6. The van der Waals surface area contributed by atoms with Crippen LogP contribution in [0.15, 0.2) is 77.5 Å². The number of carbonyl (C=O) groups is 2. The van der Waals surface area contributed by atoms with Gasteiger partial charge in [0.05, 0.1) is 25.2 Å². The van der Waals surface area contributed by atoms with Crippen LogP contribution in [0.4, 0.5) is 5.95 Å². The second-order valence-electron chi connectivity index (χ2n) is 9.73. The SMILES string of the molecule is Cc1ccc(-c2cn(-c3ccc(C)cc3)c(NC(=O)CN(CCN3CCOCC3)C(=O)c3ccco3)n2)cc1. The molecule has 2 aromatic heterocycles. The van der Waals surface area contributed by atoms with Crippen molar-refractivity contribution in [3.63, 3.8) is 0 Å². The van der Waals surface area contributed by atoms with Gasteiger partial charge in [0, 0.05) is 43.6 Å². The first-order valence-electron chi connectivity index (χ1n) is 13.1. The molecule has 0 saturated carbocycles. The molecule has 5 rings (SSSR count). The number of carbonyl (C=O) groups excluding carboxylic acids is 2. The molecule has 9 nitrogen and oxygen atoms in total. The van der Waals surface area contributed by atoms with Crippen LogP contribution >= 0.6 is 0 Å². The highest BCUT2D eigenvalue weighted by Crippen LogP contribution is 2.25. The van der Waals surface area contributed by atoms with Crippen molar-refractivity contribution in [2.45, 2.75) is 13.8 Å². The number of nitrogens with zero attached hydrogens (tertiary/aromatic N) is 4. The summed E-state index contributed by atoms with van der Waals surface area (Å²) < 4.78 is 12.6. The molecular formula is C30H33N5O4. The molecule has 0 spiro atoms. The molecule has 1 saturated heterocycles. The average molecular weight is 528 g/mol. The van der Waals surface area contributed by atoms with Crippen LogP contribution in [-0.2, 0) is 9.53 Å². The van der Waals surface area contributed by atoms with E-state index in [0.29, 0.717) is 32.3 Å². The summed E-state index contributed by atoms with van der Waals surface area (Å²) in [4.78, 5) is 35.0. The van der Waals surface area contributed by atoms with Gasteiger partial charge in [-0.25, -0.2) is 4.98 Å². The normalized spacial score (nSPS) is 13.8. The van der Waals surface area contributed by atoms with Crippen LogP contribution < -0.4 is 5.32 Å². The van der Waals surface area contributed by atoms with E-state index in [0.717, 1.165) is 41.2 Å². The summed E-state index contributed by atoms with van der Waals surface area (Å²) in [5.41, 5.74) is 4.85. The first-order chi connectivity index (χ1) is 19.0. The number of ether oxygens (including phenoxy) is 1. The van der Waals surface area contributed by atoms with E-state index in [1.165, 1.54) is 11.2 Å². The standard InChI is InChI=1S/C30H33N5O4/c1-22-5-9-24(10-6-22)26-20-35(25-11-7-23(2)8-12-25)30(31-26)32-28(36)21-34(29(37)27-4-3-17-39-27)14-13-33-15-18-38-19-16-33/h3-12,17,20H,13-16,18-19,21H2,1-2H3,(H,31,32,36). The van der Waals surface area contributed by atoms with E-state index in [2.05, 4.69) is 10.2 Å². The Bertz CT molecular complexity index is 1390. The molecule has 1 N–H and O–H groups in total. The summed E-state index contributed by atoms with van der Waals surface area (Å²) in [7, 11) is 0. The molecule has 0 bridgehead atoms. The second kappa shape index (κ2) is 12.1. The quantitative estimate of drug-likeness (QED) is 0.351. The summed E-state index contributed by atoms with van der Waals surface area (Å²) >= 11 is 0. The van der Waals surface area contributed by atoms with E-state index in [1.807, 2.05) is 73.1 Å². The maximum atomic E-state index is 13.4. The average Bonchev–Trinajstić information content (AvgIpc) is 3.63. The lowest BCUT2D eigenvalue weighted by Gasteiger charge is -2.29. The predicted molar refractivity (Wildman–Crippen MR) is 149 cm³/mol. The molecule has 2 aromatic carbocycles. The van der Waals surface area contributed by atoms with Gasteiger partial charge in [0.15, 0.2) is 5.76 Å². The van der Waals surface area contributed by atoms with E-state index < -0.39 is 0 Å². The first-order valence-corrected chi connectivity index (χ1v) is 13.1. The van der Waals surface area contributed by atoms with Crippen LogP contribution in [0.2, 0.25) is 0 Å². The smallest absolute Gasteiger partial charge is 0.290 e. The molecule has 9 heteroatoms. The van der Waals surface area contributed by atoms with E-state index in [4.69, 9.17) is 14.1 Å². The largest absolute Gasteiger partial charge is 0.459 e. The fourth-order valence-corrected chi connectivity index (χ4v) is 4.47. The zero-order chi connectivity index (χ0) is 27.2. The lowest BCUT2D eigenvalue weighted by atomic mass is 10.1. The number of rotatable bonds is 9. The third kappa shape index (κ3) is 6.63. The van der Waals surface area contributed by atoms with Gasteiger partial charge in [-0.1, -0.05) is 47.5 Å². The van der Waals surface area contributed by atoms with E-state index in [9.17, 15) is 9.59 Å². The predicted octanol–water partition coefficient (Wildman–Crippen LogP) is 4.16.